The molecule has 1 saturated heterocycles. The van der Waals surface area contributed by atoms with Gasteiger partial charge >= 0.3 is 0 Å². The van der Waals surface area contributed by atoms with Crippen LogP contribution in [0, 0.1) is 12.3 Å². The summed E-state index contributed by atoms with van der Waals surface area (Å²) < 4.78 is 16.1. The van der Waals surface area contributed by atoms with Gasteiger partial charge in [0.1, 0.15) is 6.61 Å². The van der Waals surface area contributed by atoms with E-state index in [1.807, 2.05) is 18.2 Å². The summed E-state index contributed by atoms with van der Waals surface area (Å²) in [4.78, 5) is 6.77. The van der Waals surface area contributed by atoms with E-state index in [0.717, 1.165) is 51.4 Å². The van der Waals surface area contributed by atoms with E-state index in [9.17, 15) is 0 Å². The van der Waals surface area contributed by atoms with Gasteiger partial charge in [0.25, 0.3) is 0 Å². The Hall–Kier alpha value is -1.70. The molecule has 0 atom stereocenters. The summed E-state index contributed by atoms with van der Waals surface area (Å²) in [5, 5.41) is 3.15. The maximum atomic E-state index is 5.94. The summed E-state index contributed by atoms with van der Waals surface area (Å²) in [6.07, 6.45) is 6.25. The number of nitrogens with two attached hydrogens (primary N) is 1. The molecule has 0 amide bonds. The quantitative estimate of drug-likeness (QED) is 0.180. The largest absolute Gasteiger partial charge is 0.493 e. The van der Waals surface area contributed by atoms with Gasteiger partial charge in [0.2, 0.25) is 0 Å². The zero-order valence-electron chi connectivity index (χ0n) is 15.8. The standard InChI is InChI=1S/C19H28N4O3.HI/c1-3-11-26-18-14-16(5-6-17(18)24-2)15-22-19(20)21-7-4-8-23-9-12-25-13-10-23;/h1,5-6,14H,4,7-13,15H2,2H3,(H3,20,21,22);1H. The van der Waals surface area contributed by atoms with Crippen LogP contribution in [0.2, 0.25) is 0 Å². The Labute approximate surface area is 178 Å². The lowest BCUT2D eigenvalue weighted by Gasteiger charge is -2.26. The van der Waals surface area contributed by atoms with Crippen molar-refractivity contribution in [2.24, 2.45) is 10.7 Å². The fraction of sp³-hybridized carbons (Fsp3) is 0.526. The summed E-state index contributed by atoms with van der Waals surface area (Å²) in [6.45, 7) is 6.15. The first-order valence-electron chi connectivity index (χ1n) is 8.80. The number of hydrogen-bond donors (Lipinski definition) is 2. The molecule has 1 aliphatic heterocycles. The number of benzene rings is 1. The second-order valence-corrected chi connectivity index (χ2v) is 5.91. The first kappa shape index (κ1) is 23.3. The SMILES string of the molecule is C#CCOc1cc(CN=C(N)NCCCN2CCOCC2)ccc1OC.I. The van der Waals surface area contributed by atoms with E-state index in [2.05, 4.69) is 21.1 Å². The van der Waals surface area contributed by atoms with Crippen molar-refractivity contribution < 1.29 is 14.2 Å². The molecule has 27 heavy (non-hydrogen) atoms. The predicted octanol–water partition coefficient (Wildman–Crippen LogP) is 1.45. The first-order valence-corrected chi connectivity index (χ1v) is 8.80. The molecule has 1 aromatic carbocycles. The molecule has 1 aromatic rings. The summed E-state index contributed by atoms with van der Waals surface area (Å²) in [7, 11) is 1.59. The third-order valence-corrected chi connectivity index (χ3v) is 4.03. The molecular formula is C19H29IN4O3. The monoisotopic (exact) mass is 488 g/mol. The van der Waals surface area contributed by atoms with Gasteiger partial charge in [-0.05, 0) is 30.7 Å². The highest BCUT2D eigenvalue weighted by molar-refractivity contribution is 14.0. The van der Waals surface area contributed by atoms with Crippen LogP contribution in [0.25, 0.3) is 0 Å². The Morgan fingerprint density at radius 2 is 2.15 bits per heavy atom. The number of hydrogen-bond acceptors (Lipinski definition) is 5. The zero-order chi connectivity index (χ0) is 18.6. The highest BCUT2D eigenvalue weighted by Crippen LogP contribution is 2.28. The molecule has 0 aliphatic carbocycles. The van der Waals surface area contributed by atoms with E-state index in [1.165, 1.54) is 0 Å². The molecule has 0 bridgehead atoms. The number of nitrogens with zero attached hydrogens (tertiary/aromatic N) is 2. The molecule has 2 rings (SSSR count). The molecule has 1 aliphatic rings. The highest BCUT2D eigenvalue weighted by Gasteiger charge is 2.09. The summed E-state index contributed by atoms with van der Waals surface area (Å²) in [5.74, 6) is 4.13. The Morgan fingerprint density at radius 1 is 1.37 bits per heavy atom. The minimum atomic E-state index is 0. The second-order valence-electron chi connectivity index (χ2n) is 5.91. The fourth-order valence-corrected chi connectivity index (χ4v) is 2.63. The van der Waals surface area contributed by atoms with Gasteiger partial charge < -0.3 is 25.3 Å². The number of methoxy groups -OCH3 is 1. The minimum absolute atomic E-state index is 0. The molecule has 3 N–H and O–H groups in total. The molecule has 0 radical (unpaired) electrons. The number of terminal acetylenes is 1. The normalized spacial score (nSPS) is 14.7. The Bertz CT molecular complexity index is 628. The summed E-state index contributed by atoms with van der Waals surface area (Å²) in [6, 6.07) is 5.63. The number of aliphatic imine (C=N–C) groups is 1. The second kappa shape index (κ2) is 13.5. The molecule has 0 aromatic heterocycles. The average Bonchev–Trinajstić information content (AvgIpc) is 2.69. The van der Waals surface area contributed by atoms with Gasteiger partial charge in [-0.3, -0.25) is 4.90 Å². The lowest BCUT2D eigenvalue weighted by Crippen LogP contribution is -2.39. The van der Waals surface area contributed by atoms with Crippen LogP contribution in [0.15, 0.2) is 23.2 Å². The molecule has 150 valence electrons. The van der Waals surface area contributed by atoms with Gasteiger partial charge in [0, 0.05) is 19.6 Å². The maximum absolute atomic E-state index is 5.94. The van der Waals surface area contributed by atoms with Gasteiger partial charge in [0.15, 0.2) is 17.5 Å². The lowest BCUT2D eigenvalue weighted by molar-refractivity contribution is 0.0376. The molecule has 1 heterocycles. The zero-order valence-corrected chi connectivity index (χ0v) is 18.1. The van der Waals surface area contributed by atoms with Crippen LogP contribution >= 0.6 is 24.0 Å². The van der Waals surface area contributed by atoms with Crippen molar-refractivity contribution in [3.8, 4) is 23.8 Å². The van der Waals surface area contributed by atoms with E-state index in [-0.39, 0.29) is 30.6 Å². The van der Waals surface area contributed by atoms with Crippen molar-refractivity contribution in [2.75, 3.05) is 53.1 Å². The lowest BCUT2D eigenvalue weighted by atomic mass is 10.2. The number of morpholine rings is 1. The van der Waals surface area contributed by atoms with Crippen LogP contribution in [0.1, 0.15) is 12.0 Å². The Balaban J connectivity index is 0.00000364. The smallest absolute Gasteiger partial charge is 0.188 e. The van der Waals surface area contributed by atoms with Crippen molar-refractivity contribution in [1.82, 2.24) is 10.2 Å². The third kappa shape index (κ3) is 8.69. The van der Waals surface area contributed by atoms with Gasteiger partial charge in [-0.1, -0.05) is 12.0 Å². The number of nitrogens with one attached hydrogen (secondary N) is 1. The summed E-state index contributed by atoms with van der Waals surface area (Å²) in [5.41, 5.74) is 6.91. The van der Waals surface area contributed by atoms with Crippen molar-refractivity contribution >= 4 is 29.9 Å². The van der Waals surface area contributed by atoms with E-state index < -0.39 is 0 Å². The van der Waals surface area contributed by atoms with Crippen molar-refractivity contribution in [3.63, 3.8) is 0 Å². The fourth-order valence-electron chi connectivity index (χ4n) is 2.63. The van der Waals surface area contributed by atoms with E-state index in [4.69, 9.17) is 26.4 Å². The third-order valence-electron chi connectivity index (χ3n) is 4.03. The molecule has 1 fully saturated rings. The van der Waals surface area contributed by atoms with E-state index >= 15 is 0 Å². The van der Waals surface area contributed by atoms with Crippen LogP contribution in [0.4, 0.5) is 0 Å². The maximum Gasteiger partial charge on any atom is 0.188 e. The minimum Gasteiger partial charge on any atom is -0.493 e. The Kier molecular flexibility index (Phi) is 11.6. The van der Waals surface area contributed by atoms with Gasteiger partial charge in [-0.25, -0.2) is 4.99 Å². The Morgan fingerprint density at radius 3 is 2.85 bits per heavy atom. The van der Waals surface area contributed by atoms with Gasteiger partial charge in [-0.15, -0.1) is 30.4 Å². The molecular weight excluding hydrogens is 459 g/mol. The molecule has 8 heteroatoms. The molecule has 0 unspecified atom stereocenters. The van der Waals surface area contributed by atoms with E-state index in [0.29, 0.717) is 24.0 Å². The van der Waals surface area contributed by atoms with Crippen LogP contribution < -0.4 is 20.5 Å². The average molecular weight is 488 g/mol. The number of guanidine groups is 1. The number of rotatable bonds is 9. The predicted molar refractivity (Wildman–Crippen MR) is 118 cm³/mol. The number of halogens is 1. The first-order chi connectivity index (χ1) is 12.7. The summed E-state index contributed by atoms with van der Waals surface area (Å²) >= 11 is 0. The highest BCUT2D eigenvalue weighted by atomic mass is 127. The van der Waals surface area contributed by atoms with Crippen molar-refractivity contribution in [2.45, 2.75) is 13.0 Å². The van der Waals surface area contributed by atoms with Crippen molar-refractivity contribution in [1.29, 1.82) is 0 Å². The molecule has 0 spiro atoms. The molecule has 0 saturated carbocycles. The van der Waals surface area contributed by atoms with Crippen LogP contribution in [0.3, 0.4) is 0 Å². The molecule has 7 nitrogen and oxygen atoms in total. The van der Waals surface area contributed by atoms with Crippen LogP contribution in [0.5, 0.6) is 11.5 Å². The topological polar surface area (TPSA) is 81.3 Å². The van der Waals surface area contributed by atoms with Crippen molar-refractivity contribution in [3.05, 3.63) is 23.8 Å². The number of ether oxygens (including phenoxy) is 3. The van der Waals surface area contributed by atoms with Crippen LogP contribution in [-0.4, -0.2) is 64.0 Å². The van der Waals surface area contributed by atoms with Gasteiger partial charge in [0.05, 0.1) is 26.9 Å². The van der Waals surface area contributed by atoms with Crippen LogP contribution in [-0.2, 0) is 11.3 Å². The van der Waals surface area contributed by atoms with Gasteiger partial charge in [-0.2, -0.15) is 0 Å². The van der Waals surface area contributed by atoms with E-state index in [1.54, 1.807) is 7.11 Å².